The molecule has 0 nitrogen and oxygen atoms in total. The monoisotopic (exact) mass is 176 g/mol. The molecule has 0 aliphatic carbocycles. The lowest BCUT2D eigenvalue weighted by molar-refractivity contribution is 1.12. The quantitative estimate of drug-likeness (QED) is 0.566. The Balaban J connectivity index is 0.000000424. The normalized spacial score (nSPS) is 8.62. The molecule has 0 heteroatoms. The van der Waals surface area contributed by atoms with E-state index in [9.17, 15) is 0 Å². The van der Waals surface area contributed by atoms with Crippen LogP contribution in [0.3, 0.4) is 0 Å². The van der Waals surface area contributed by atoms with Crippen molar-refractivity contribution in [3.63, 3.8) is 0 Å². The average molecular weight is 176 g/mol. The third-order valence-electron chi connectivity index (χ3n) is 1.98. The Hall–Kier alpha value is -1.04. The molecule has 1 aromatic carbocycles. The van der Waals surface area contributed by atoms with E-state index in [0.29, 0.717) is 0 Å². The molecule has 0 aromatic heterocycles. The maximum Gasteiger partial charge on any atom is -0.0307 e. The van der Waals surface area contributed by atoms with Gasteiger partial charge in [-0.3, -0.25) is 0 Å². The number of hydrogen-bond acceptors (Lipinski definition) is 0. The van der Waals surface area contributed by atoms with Crippen molar-refractivity contribution in [3.05, 3.63) is 47.5 Å². The lowest BCUT2D eigenvalue weighted by atomic mass is 10.1. The molecule has 0 bridgehead atoms. The number of rotatable bonds is 1. The molecule has 72 valence electrons. The third kappa shape index (κ3) is 4.51. The second kappa shape index (κ2) is 6.47. The van der Waals surface area contributed by atoms with Gasteiger partial charge in [-0.2, -0.15) is 0 Å². The van der Waals surface area contributed by atoms with Crippen molar-refractivity contribution in [1.29, 1.82) is 0 Å². The van der Waals surface area contributed by atoms with Gasteiger partial charge in [-0.1, -0.05) is 31.2 Å². The SMILES string of the molecule is C=CC.CCc1ccc(C)c(C)c1. The van der Waals surface area contributed by atoms with Crippen LogP contribution in [0.2, 0.25) is 0 Å². The van der Waals surface area contributed by atoms with Crippen LogP contribution in [0, 0.1) is 13.8 Å². The van der Waals surface area contributed by atoms with Gasteiger partial charge >= 0.3 is 0 Å². The number of benzene rings is 1. The zero-order chi connectivity index (χ0) is 10.3. The molecule has 0 aliphatic heterocycles. The summed E-state index contributed by atoms with van der Waals surface area (Å²) in [6.45, 7) is 11.7. The molecular formula is C13H20. The molecular weight excluding hydrogens is 156 g/mol. The van der Waals surface area contributed by atoms with E-state index in [2.05, 4.69) is 45.5 Å². The molecule has 0 aliphatic rings. The van der Waals surface area contributed by atoms with E-state index in [1.807, 2.05) is 6.92 Å². The van der Waals surface area contributed by atoms with Crippen LogP contribution in [0.4, 0.5) is 0 Å². The minimum Gasteiger partial charge on any atom is -0.103 e. The molecule has 0 saturated heterocycles. The van der Waals surface area contributed by atoms with Gasteiger partial charge in [0.2, 0.25) is 0 Å². The van der Waals surface area contributed by atoms with Crippen LogP contribution in [0.15, 0.2) is 30.9 Å². The molecule has 0 saturated carbocycles. The van der Waals surface area contributed by atoms with Crippen LogP contribution in [0.5, 0.6) is 0 Å². The highest BCUT2D eigenvalue weighted by Crippen LogP contribution is 2.09. The van der Waals surface area contributed by atoms with E-state index in [-0.39, 0.29) is 0 Å². The topological polar surface area (TPSA) is 0 Å². The molecule has 0 spiro atoms. The van der Waals surface area contributed by atoms with E-state index in [0.717, 1.165) is 6.42 Å². The predicted molar refractivity (Wildman–Crippen MR) is 61.2 cm³/mol. The van der Waals surface area contributed by atoms with E-state index >= 15 is 0 Å². The van der Waals surface area contributed by atoms with Crippen molar-refractivity contribution in [2.24, 2.45) is 0 Å². The standard InChI is InChI=1S/C10H14.C3H6/c1-4-10-6-5-8(2)9(3)7-10;1-3-2/h5-7H,4H2,1-3H3;3H,1H2,2H3. The largest absolute Gasteiger partial charge is 0.103 e. The first-order valence-corrected chi connectivity index (χ1v) is 4.78. The first kappa shape index (κ1) is 12.0. The third-order valence-corrected chi connectivity index (χ3v) is 1.98. The van der Waals surface area contributed by atoms with Crippen LogP contribution >= 0.6 is 0 Å². The molecule has 0 radical (unpaired) electrons. The maximum absolute atomic E-state index is 3.36. The first-order chi connectivity index (χ1) is 6.15. The summed E-state index contributed by atoms with van der Waals surface area (Å²) >= 11 is 0. The zero-order valence-corrected chi connectivity index (χ0v) is 9.22. The summed E-state index contributed by atoms with van der Waals surface area (Å²) in [6.07, 6.45) is 2.89. The van der Waals surface area contributed by atoms with Gasteiger partial charge in [0.15, 0.2) is 0 Å². The Bertz CT molecular complexity index is 259. The minimum absolute atomic E-state index is 1.14. The van der Waals surface area contributed by atoms with Gasteiger partial charge in [0.1, 0.15) is 0 Å². The predicted octanol–water partition coefficient (Wildman–Crippen LogP) is 4.06. The molecule has 0 N–H and O–H groups in total. The van der Waals surface area contributed by atoms with Crippen LogP contribution < -0.4 is 0 Å². The Labute approximate surface area is 82.3 Å². The lowest BCUT2D eigenvalue weighted by Gasteiger charge is -2.01. The molecule has 0 atom stereocenters. The number of hydrogen-bond donors (Lipinski definition) is 0. The van der Waals surface area contributed by atoms with Gasteiger partial charge in [0, 0.05) is 0 Å². The second-order valence-corrected chi connectivity index (χ2v) is 3.18. The summed E-state index contributed by atoms with van der Waals surface area (Å²) in [5, 5.41) is 0. The fourth-order valence-electron chi connectivity index (χ4n) is 1.02. The van der Waals surface area contributed by atoms with Crippen molar-refractivity contribution in [2.75, 3.05) is 0 Å². The fraction of sp³-hybridized carbons (Fsp3) is 0.385. The molecule has 0 fully saturated rings. The smallest absolute Gasteiger partial charge is 0.0307 e. The first-order valence-electron chi connectivity index (χ1n) is 4.78. The van der Waals surface area contributed by atoms with E-state index in [1.165, 1.54) is 16.7 Å². The Morgan fingerprint density at radius 3 is 2.15 bits per heavy atom. The van der Waals surface area contributed by atoms with E-state index in [4.69, 9.17) is 0 Å². The molecule has 13 heavy (non-hydrogen) atoms. The highest BCUT2D eigenvalue weighted by atomic mass is 14.0. The van der Waals surface area contributed by atoms with Crippen molar-refractivity contribution in [3.8, 4) is 0 Å². The summed E-state index contributed by atoms with van der Waals surface area (Å²) in [7, 11) is 0. The molecule has 0 unspecified atom stereocenters. The highest BCUT2D eigenvalue weighted by Gasteiger charge is 1.92. The van der Waals surface area contributed by atoms with Gasteiger partial charge in [0.05, 0.1) is 0 Å². The summed E-state index contributed by atoms with van der Waals surface area (Å²) < 4.78 is 0. The maximum atomic E-state index is 3.36. The summed E-state index contributed by atoms with van der Waals surface area (Å²) in [6, 6.07) is 6.64. The van der Waals surface area contributed by atoms with Gasteiger partial charge in [-0.05, 0) is 43.9 Å². The van der Waals surface area contributed by atoms with Gasteiger partial charge < -0.3 is 0 Å². The number of aryl methyl sites for hydroxylation is 3. The van der Waals surface area contributed by atoms with Gasteiger partial charge in [0.25, 0.3) is 0 Å². The van der Waals surface area contributed by atoms with Crippen LogP contribution in [-0.4, -0.2) is 0 Å². The van der Waals surface area contributed by atoms with Gasteiger partial charge in [-0.15, -0.1) is 6.58 Å². The Morgan fingerprint density at radius 2 is 1.77 bits per heavy atom. The van der Waals surface area contributed by atoms with Crippen LogP contribution in [-0.2, 0) is 6.42 Å². The van der Waals surface area contributed by atoms with Crippen molar-refractivity contribution >= 4 is 0 Å². The van der Waals surface area contributed by atoms with E-state index < -0.39 is 0 Å². The summed E-state index contributed by atoms with van der Waals surface area (Å²) in [4.78, 5) is 0. The summed E-state index contributed by atoms with van der Waals surface area (Å²) in [5.74, 6) is 0. The molecule has 1 aromatic rings. The Kier molecular flexibility index (Phi) is 5.96. The highest BCUT2D eigenvalue weighted by molar-refractivity contribution is 5.29. The molecule has 0 amide bonds. The van der Waals surface area contributed by atoms with Crippen LogP contribution in [0.25, 0.3) is 0 Å². The summed E-state index contributed by atoms with van der Waals surface area (Å²) in [5.41, 5.74) is 4.22. The lowest BCUT2D eigenvalue weighted by Crippen LogP contribution is -1.84. The molecule has 1 rings (SSSR count). The zero-order valence-electron chi connectivity index (χ0n) is 9.22. The average Bonchev–Trinajstić information content (AvgIpc) is 2.11. The second-order valence-electron chi connectivity index (χ2n) is 3.18. The molecule has 0 heterocycles. The van der Waals surface area contributed by atoms with Crippen molar-refractivity contribution in [1.82, 2.24) is 0 Å². The van der Waals surface area contributed by atoms with Crippen LogP contribution in [0.1, 0.15) is 30.5 Å². The van der Waals surface area contributed by atoms with E-state index in [1.54, 1.807) is 6.08 Å². The Morgan fingerprint density at radius 1 is 1.23 bits per heavy atom. The fourth-order valence-corrected chi connectivity index (χ4v) is 1.02. The number of allylic oxidation sites excluding steroid dienone is 1. The van der Waals surface area contributed by atoms with Gasteiger partial charge in [-0.25, -0.2) is 0 Å². The van der Waals surface area contributed by atoms with Crippen molar-refractivity contribution in [2.45, 2.75) is 34.1 Å². The van der Waals surface area contributed by atoms with Crippen molar-refractivity contribution < 1.29 is 0 Å². The minimum atomic E-state index is 1.14.